The first-order valence-electron chi connectivity index (χ1n) is 6.75. The van der Waals surface area contributed by atoms with Gasteiger partial charge >= 0.3 is 11.9 Å². The molecule has 0 saturated carbocycles. The number of benzene rings is 1. The highest BCUT2D eigenvalue weighted by Gasteiger charge is 2.06. The quantitative estimate of drug-likeness (QED) is 0.634. The van der Waals surface area contributed by atoms with Gasteiger partial charge in [0, 0.05) is 19.7 Å². The summed E-state index contributed by atoms with van der Waals surface area (Å²) in [4.78, 5) is 18.2. The monoisotopic (exact) mass is 329 g/mol. The van der Waals surface area contributed by atoms with Gasteiger partial charge in [-0.3, -0.25) is 0 Å². The van der Waals surface area contributed by atoms with Crippen LogP contribution in [-0.2, 0) is 20.9 Å². The van der Waals surface area contributed by atoms with Gasteiger partial charge in [-0.2, -0.15) is 0 Å². The molecule has 0 aromatic heterocycles. The third kappa shape index (κ3) is 8.64. The molecular weight excluding hydrogens is 306 g/mol. The maximum atomic E-state index is 9.10. The first-order chi connectivity index (χ1) is 10.8. The second-order valence-corrected chi connectivity index (χ2v) is 4.54. The average molecular weight is 329 g/mol. The van der Waals surface area contributed by atoms with E-state index in [9.17, 15) is 0 Å². The molecule has 1 aromatic rings. The maximum absolute atomic E-state index is 9.10. The van der Waals surface area contributed by atoms with E-state index in [0.717, 1.165) is 23.6 Å². The average Bonchev–Trinajstić information content (AvgIpc) is 2.53. The SMILES string of the molecule is COCC(C)NCc1ccc(OC)c(OC)c1.O=C(O)C(=O)O. The summed E-state index contributed by atoms with van der Waals surface area (Å²) in [6.07, 6.45) is 0. The molecule has 0 amide bonds. The van der Waals surface area contributed by atoms with Gasteiger partial charge in [-0.15, -0.1) is 0 Å². The van der Waals surface area contributed by atoms with Crippen LogP contribution in [0.15, 0.2) is 18.2 Å². The van der Waals surface area contributed by atoms with Crippen LogP contribution in [0.25, 0.3) is 0 Å². The van der Waals surface area contributed by atoms with Gasteiger partial charge < -0.3 is 29.7 Å². The van der Waals surface area contributed by atoms with E-state index < -0.39 is 11.9 Å². The molecule has 0 spiro atoms. The zero-order valence-electron chi connectivity index (χ0n) is 13.7. The van der Waals surface area contributed by atoms with Crippen molar-refractivity contribution in [3.8, 4) is 11.5 Å². The van der Waals surface area contributed by atoms with Gasteiger partial charge in [0.1, 0.15) is 0 Å². The van der Waals surface area contributed by atoms with Gasteiger partial charge in [0.15, 0.2) is 11.5 Å². The summed E-state index contributed by atoms with van der Waals surface area (Å²) in [5, 5.41) is 18.1. The minimum Gasteiger partial charge on any atom is -0.493 e. The fourth-order valence-corrected chi connectivity index (χ4v) is 1.59. The zero-order valence-corrected chi connectivity index (χ0v) is 13.7. The lowest BCUT2D eigenvalue weighted by Gasteiger charge is -2.14. The van der Waals surface area contributed by atoms with E-state index in [1.54, 1.807) is 21.3 Å². The minimum absolute atomic E-state index is 0.327. The summed E-state index contributed by atoms with van der Waals surface area (Å²) in [6.45, 7) is 3.57. The molecule has 0 fully saturated rings. The summed E-state index contributed by atoms with van der Waals surface area (Å²) in [5.74, 6) is -2.14. The predicted octanol–water partition coefficient (Wildman–Crippen LogP) is 0.984. The molecule has 0 aliphatic rings. The highest BCUT2D eigenvalue weighted by molar-refractivity contribution is 6.27. The van der Waals surface area contributed by atoms with Gasteiger partial charge in [0.2, 0.25) is 0 Å². The molecule has 1 unspecified atom stereocenters. The maximum Gasteiger partial charge on any atom is 0.414 e. The second kappa shape index (κ2) is 11.3. The second-order valence-electron chi connectivity index (χ2n) is 4.54. The molecule has 0 radical (unpaired) electrons. The number of carbonyl (C=O) groups is 2. The van der Waals surface area contributed by atoms with Crippen molar-refractivity contribution < 1.29 is 34.0 Å². The van der Waals surface area contributed by atoms with Crippen LogP contribution >= 0.6 is 0 Å². The lowest BCUT2D eigenvalue weighted by Crippen LogP contribution is -2.29. The van der Waals surface area contributed by atoms with E-state index in [1.807, 2.05) is 18.2 Å². The molecule has 1 atom stereocenters. The summed E-state index contributed by atoms with van der Waals surface area (Å²) in [6, 6.07) is 6.24. The summed E-state index contributed by atoms with van der Waals surface area (Å²) in [7, 11) is 4.98. The van der Waals surface area contributed by atoms with Crippen LogP contribution in [0.5, 0.6) is 11.5 Å². The molecule has 130 valence electrons. The molecule has 0 aliphatic carbocycles. The van der Waals surface area contributed by atoms with Crippen molar-refractivity contribution in [3.05, 3.63) is 23.8 Å². The van der Waals surface area contributed by atoms with Crippen LogP contribution < -0.4 is 14.8 Å². The lowest BCUT2D eigenvalue weighted by molar-refractivity contribution is -0.159. The largest absolute Gasteiger partial charge is 0.493 e. The van der Waals surface area contributed by atoms with Crippen molar-refractivity contribution in [3.63, 3.8) is 0 Å². The molecule has 8 heteroatoms. The van der Waals surface area contributed by atoms with Crippen LogP contribution in [0.2, 0.25) is 0 Å². The van der Waals surface area contributed by atoms with E-state index in [2.05, 4.69) is 12.2 Å². The number of hydrogen-bond acceptors (Lipinski definition) is 6. The van der Waals surface area contributed by atoms with E-state index in [1.165, 1.54) is 0 Å². The first-order valence-corrected chi connectivity index (χ1v) is 6.75. The van der Waals surface area contributed by atoms with E-state index in [0.29, 0.717) is 12.6 Å². The number of aliphatic carboxylic acids is 2. The van der Waals surface area contributed by atoms with Crippen LogP contribution in [-0.4, -0.2) is 56.1 Å². The Morgan fingerprint density at radius 1 is 1.09 bits per heavy atom. The fraction of sp³-hybridized carbons (Fsp3) is 0.467. The van der Waals surface area contributed by atoms with Crippen LogP contribution in [0.1, 0.15) is 12.5 Å². The molecule has 1 aromatic carbocycles. The number of methoxy groups -OCH3 is 3. The summed E-state index contributed by atoms with van der Waals surface area (Å²) >= 11 is 0. The number of carboxylic acid groups (broad SMARTS) is 2. The Hall–Kier alpha value is -2.32. The van der Waals surface area contributed by atoms with Gasteiger partial charge in [-0.05, 0) is 24.6 Å². The van der Waals surface area contributed by atoms with Gasteiger partial charge in [-0.1, -0.05) is 6.07 Å². The van der Waals surface area contributed by atoms with Crippen molar-refractivity contribution >= 4 is 11.9 Å². The molecule has 0 saturated heterocycles. The van der Waals surface area contributed by atoms with Crippen molar-refractivity contribution in [2.45, 2.75) is 19.5 Å². The van der Waals surface area contributed by atoms with Crippen molar-refractivity contribution in [1.29, 1.82) is 0 Å². The molecule has 3 N–H and O–H groups in total. The van der Waals surface area contributed by atoms with Gasteiger partial charge in [-0.25, -0.2) is 9.59 Å². The number of rotatable bonds is 7. The summed E-state index contributed by atoms with van der Waals surface area (Å²) in [5.41, 5.74) is 1.16. The van der Waals surface area contributed by atoms with Crippen LogP contribution in [0, 0.1) is 0 Å². The topological polar surface area (TPSA) is 114 Å². The lowest BCUT2D eigenvalue weighted by atomic mass is 10.2. The summed E-state index contributed by atoms with van der Waals surface area (Å²) < 4.78 is 15.5. The number of ether oxygens (including phenoxy) is 3. The zero-order chi connectivity index (χ0) is 17.8. The number of hydrogen-bond donors (Lipinski definition) is 3. The van der Waals surface area contributed by atoms with E-state index in [-0.39, 0.29) is 0 Å². The molecule has 1 rings (SSSR count). The van der Waals surface area contributed by atoms with Crippen molar-refractivity contribution in [1.82, 2.24) is 5.32 Å². The van der Waals surface area contributed by atoms with Gasteiger partial charge in [0.25, 0.3) is 0 Å². The smallest absolute Gasteiger partial charge is 0.414 e. The van der Waals surface area contributed by atoms with Crippen molar-refractivity contribution in [2.24, 2.45) is 0 Å². The number of nitrogens with one attached hydrogen (secondary N) is 1. The normalized spacial score (nSPS) is 11.0. The Morgan fingerprint density at radius 2 is 1.65 bits per heavy atom. The minimum atomic E-state index is -1.82. The van der Waals surface area contributed by atoms with Gasteiger partial charge in [0.05, 0.1) is 20.8 Å². The Bertz CT molecular complexity index is 493. The Labute approximate surface area is 135 Å². The molecule has 8 nitrogen and oxygen atoms in total. The standard InChI is InChI=1S/C13H21NO3.C2H2O4/c1-10(9-15-2)14-8-11-5-6-12(16-3)13(7-11)17-4;3-1(4)2(5)6/h5-7,10,14H,8-9H2,1-4H3;(H,3,4)(H,5,6). The van der Waals surface area contributed by atoms with E-state index >= 15 is 0 Å². The Morgan fingerprint density at radius 3 is 2.09 bits per heavy atom. The molecule has 23 heavy (non-hydrogen) atoms. The van der Waals surface area contributed by atoms with Crippen molar-refractivity contribution in [2.75, 3.05) is 27.9 Å². The Kier molecular flexibility index (Phi) is 10.1. The molecule has 0 heterocycles. The molecule has 0 aliphatic heterocycles. The Balaban J connectivity index is 0.000000688. The highest BCUT2D eigenvalue weighted by atomic mass is 16.5. The molecular formula is C15H23NO7. The first kappa shape index (κ1) is 20.7. The molecule has 0 bridgehead atoms. The number of carboxylic acids is 2. The fourth-order valence-electron chi connectivity index (χ4n) is 1.59. The third-order valence-electron chi connectivity index (χ3n) is 2.70. The predicted molar refractivity (Wildman–Crippen MR) is 83.0 cm³/mol. The third-order valence-corrected chi connectivity index (χ3v) is 2.70. The van der Waals surface area contributed by atoms with E-state index in [4.69, 9.17) is 34.0 Å². The van der Waals surface area contributed by atoms with Crippen LogP contribution in [0.4, 0.5) is 0 Å². The highest BCUT2D eigenvalue weighted by Crippen LogP contribution is 2.27. The van der Waals surface area contributed by atoms with Crippen LogP contribution in [0.3, 0.4) is 0 Å².